The Balaban J connectivity index is 0.911. The van der Waals surface area contributed by atoms with Crippen LogP contribution in [0.15, 0.2) is 36.0 Å². The van der Waals surface area contributed by atoms with Crippen molar-refractivity contribution in [3.8, 4) is 0 Å². The van der Waals surface area contributed by atoms with Crippen LogP contribution in [0.2, 0.25) is 0 Å². The third kappa shape index (κ3) is 9.05. The molecule has 0 amide bonds. The number of hydrogen-bond acceptors (Lipinski definition) is 11. The lowest BCUT2D eigenvalue weighted by Gasteiger charge is -2.50. The second-order valence-electron chi connectivity index (χ2n) is 18.8. The first kappa shape index (κ1) is 42.4. The van der Waals surface area contributed by atoms with E-state index in [0.717, 1.165) is 63.5 Å². The van der Waals surface area contributed by atoms with Crippen LogP contribution >= 0.6 is 0 Å². The molecule has 6 saturated heterocycles. The van der Waals surface area contributed by atoms with Crippen molar-refractivity contribution in [3.63, 3.8) is 0 Å². The summed E-state index contributed by atoms with van der Waals surface area (Å²) in [7, 11) is 0. The quantitative estimate of drug-likeness (QED) is 0.185. The number of fused-ring (bicyclic) bond motifs is 1. The van der Waals surface area contributed by atoms with Crippen LogP contribution in [-0.2, 0) is 38.0 Å². The van der Waals surface area contributed by atoms with Gasteiger partial charge in [0.15, 0.2) is 23.0 Å². The van der Waals surface area contributed by atoms with Crippen LogP contribution in [0.1, 0.15) is 131 Å². The number of aliphatic carboxylic acids is 1. The molecular weight excluding hydrogens is 720 g/mol. The van der Waals surface area contributed by atoms with Crippen LogP contribution in [0.5, 0.6) is 0 Å². The second kappa shape index (κ2) is 16.7. The summed E-state index contributed by atoms with van der Waals surface area (Å²) in [5.41, 5.74) is -0.278. The molecule has 7 aliphatic rings. The van der Waals surface area contributed by atoms with Gasteiger partial charge in [-0.25, -0.2) is 4.79 Å². The molecule has 0 radical (unpaired) electrons. The molecule has 0 bridgehead atoms. The highest BCUT2D eigenvalue weighted by atomic mass is 16.7. The largest absolute Gasteiger partial charge is 0.479 e. The van der Waals surface area contributed by atoms with Gasteiger partial charge in [-0.1, -0.05) is 45.1 Å². The van der Waals surface area contributed by atoms with E-state index in [0.29, 0.717) is 50.0 Å². The first-order chi connectivity index (χ1) is 26.5. The number of ether oxygens (including phenoxy) is 7. The first-order valence-corrected chi connectivity index (χ1v) is 21.6. The predicted molar refractivity (Wildman–Crippen MR) is 206 cm³/mol. The molecule has 4 N–H and O–H groups in total. The van der Waals surface area contributed by atoms with Crippen LogP contribution in [0.4, 0.5) is 0 Å². The monoisotopic (exact) mass is 788 g/mol. The maximum absolute atomic E-state index is 11.6. The number of carboxylic acids is 1. The Morgan fingerprint density at radius 2 is 1.77 bits per heavy atom. The number of rotatable bonds is 10. The van der Waals surface area contributed by atoms with Gasteiger partial charge >= 0.3 is 5.97 Å². The van der Waals surface area contributed by atoms with Crippen molar-refractivity contribution in [2.45, 2.75) is 209 Å². The molecule has 7 rings (SSSR count). The third-order valence-corrected chi connectivity index (χ3v) is 13.9. The summed E-state index contributed by atoms with van der Waals surface area (Å²) < 4.78 is 45.6. The molecule has 12 heteroatoms. The lowest BCUT2D eigenvalue weighted by atomic mass is 9.79. The minimum atomic E-state index is -1.87. The Labute approximate surface area is 332 Å². The van der Waals surface area contributed by atoms with E-state index >= 15 is 0 Å². The molecule has 12 nitrogen and oxygen atoms in total. The van der Waals surface area contributed by atoms with E-state index in [1.165, 1.54) is 6.92 Å². The maximum atomic E-state index is 11.6. The molecule has 0 aromatic rings. The highest BCUT2D eigenvalue weighted by molar-refractivity contribution is 5.76. The average molecular weight is 789 g/mol. The van der Waals surface area contributed by atoms with Crippen molar-refractivity contribution in [2.75, 3.05) is 6.61 Å². The van der Waals surface area contributed by atoms with E-state index in [4.69, 9.17) is 33.2 Å². The SMILES string of the molecule is C=C1C([C@@H](O)C[C@H](C)[C@H]2O[C@@]3(CCCCO3)CC[C@H]2C)O[C@@H]2CC[C@@]3(CC[C@H](/C=C/[C@@H](C)[C@@H]4CC(C)=C[C@]5(CCC[C@@H](C[C@@](C)(O)C(=O)O)O5)O4)O3)O[C@H]2[C@@H]1O. The second-order valence-corrected chi connectivity index (χ2v) is 18.8. The van der Waals surface area contributed by atoms with Gasteiger partial charge in [-0.3, -0.25) is 0 Å². The van der Waals surface area contributed by atoms with Crippen molar-refractivity contribution in [3.05, 3.63) is 36.0 Å². The highest BCUT2D eigenvalue weighted by Gasteiger charge is 2.54. The summed E-state index contributed by atoms with van der Waals surface area (Å²) in [5.74, 6) is -3.07. The molecule has 0 aromatic carbocycles. The molecule has 0 aromatic heterocycles. The number of aliphatic hydroxyl groups is 3. The van der Waals surface area contributed by atoms with E-state index in [1.807, 2.05) is 6.08 Å². The Bertz CT molecular complexity index is 1470. The Kier molecular flexibility index (Phi) is 12.7. The molecule has 0 saturated carbocycles. The first-order valence-electron chi connectivity index (χ1n) is 21.6. The molecule has 7 aliphatic heterocycles. The van der Waals surface area contributed by atoms with E-state index < -0.39 is 59.5 Å². The predicted octanol–water partition coefficient (Wildman–Crippen LogP) is 6.24. The van der Waals surface area contributed by atoms with Gasteiger partial charge in [-0.2, -0.15) is 0 Å². The van der Waals surface area contributed by atoms with Crippen LogP contribution in [0.3, 0.4) is 0 Å². The van der Waals surface area contributed by atoms with Gasteiger partial charge in [0, 0.05) is 44.4 Å². The molecule has 3 spiro atoms. The molecule has 316 valence electrons. The Hall–Kier alpha value is -1.71. The summed E-state index contributed by atoms with van der Waals surface area (Å²) in [4.78, 5) is 11.6. The fourth-order valence-electron chi connectivity index (χ4n) is 10.6. The van der Waals surface area contributed by atoms with Crippen molar-refractivity contribution in [1.82, 2.24) is 0 Å². The number of carbonyl (C=O) groups is 1. The minimum Gasteiger partial charge on any atom is -0.479 e. The molecule has 16 atom stereocenters. The van der Waals surface area contributed by atoms with Gasteiger partial charge in [0.25, 0.3) is 0 Å². The van der Waals surface area contributed by atoms with E-state index in [1.54, 1.807) is 0 Å². The van der Waals surface area contributed by atoms with Gasteiger partial charge in [0.05, 0.1) is 43.2 Å². The lowest BCUT2D eigenvalue weighted by molar-refractivity contribution is -0.320. The summed E-state index contributed by atoms with van der Waals surface area (Å²) >= 11 is 0. The summed E-state index contributed by atoms with van der Waals surface area (Å²) in [5, 5.41) is 42.9. The smallest absolute Gasteiger partial charge is 0.335 e. The van der Waals surface area contributed by atoms with E-state index in [-0.39, 0.29) is 42.7 Å². The van der Waals surface area contributed by atoms with Gasteiger partial charge in [0.2, 0.25) is 0 Å². The molecule has 56 heavy (non-hydrogen) atoms. The van der Waals surface area contributed by atoms with Crippen molar-refractivity contribution >= 4 is 5.97 Å². The van der Waals surface area contributed by atoms with E-state index in [2.05, 4.69) is 46.4 Å². The van der Waals surface area contributed by atoms with Gasteiger partial charge < -0.3 is 53.6 Å². The zero-order valence-electron chi connectivity index (χ0n) is 34.2. The van der Waals surface area contributed by atoms with Crippen LogP contribution in [-0.4, -0.2) is 111 Å². The van der Waals surface area contributed by atoms with Crippen molar-refractivity contribution in [1.29, 1.82) is 0 Å². The van der Waals surface area contributed by atoms with Gasteiger partial charge in [-0.15, -0.1) is 0 Å². The number of aliphatic hydroxyl groups excluding tert-OH is 2. The number of hydrogen-bond donors (Lipinski definition) is 4. The zero-order chi connectivity index (χ0) is 40.0. The third-order valence-electron chi connectivity index (χ3n) is 13.9. The Morgan fingerprint density at radius 3 is 2.52 bits per heavy atom. The minimum absolute atomic E-state index is 0.00341. The number of carboxylic acid groups (broad SMARTS) is 1. The highest BCUT2D eigenvalue weighted by Crippen LogP contribution is 2.47. The molecule has 6 fully saturated rings. The van der Waals surface area contributed by atoms with Crippen LogP contribution in [0, 0.1) is 17.8 Å². The van der Waals surface area contributed by atoms with Gasteiger partial charge in [0.1, 0.15) is 18.3 Å². The normalized spacial score (nSPS) is 44.7. The molecule has 7 heterocycles. The van der Waals surface area contributed by atoms with Crippen molar-refractivity contribution in [2.24, 2.45) is 17.8 Å². The Morgan fingerprint density at radius 1 is 1.00 bits per heavy atom. The average Bonchev–Trinajstić information content (AvgIpc) is 3.54. The summed E-state index contributed by atoms with van der Waals surface area (Å²) in [6, 6.07) is 0. The summed E-state index contributed by atoms with van der Waals surface area (Å²) in [6.45, 7) is 14.8. The van der Waals surface area contributed by atoms with Crippen LogP contribution < -0.4 is 0 Å². The molecule has 1 unspecified atom stereocenters. The molecular formula is C44H68O12. The van der Waals surface area contributed by atoms with Gasteiger partial charge in [-0.05, 0) is 95.1 Å². The topological polar surface area (TPSA) is 163 Å². The molecule has 0 aliphatic carbocycles. The maximum Gasteiger partial charge on any atom is 0.335 e. The van der Waals surface area contributed by atoms with Crippen LogP contribution in [0.25, 0.3) is 0 Å². The fraction of sp³-hybridized carbons (Fsp3) is 0.841. The van der Waals surface area contributed by atoms with Crippen molar-refractivity contribution < 1.29 is 58.4 Å². The zero-order valence-corrected chi connectivity index (χ0v) is 34.2. The lowest BCUT2D eigenvalue weighted by Crippen LogP contribution is -2.60. The standard InChI is InChI=1S/C44H68O12/c1-26-22-35(54-44(24-26)17-9-10-32(53-44)25-41(6,49)40(47)48)27(2)11-12-31-14-19-43(52-31)20-15-34-39(56-43)36(46)30(5)38(51-34)33(45)23-29(4)37-28(3)13-18-42(55-37)16-7-8-21-50-42/h11-12,24,27-29,31-39,45-46,49H,5,7-10,13-23,25H2,1-4,6H3,(H,47,48)/b12-11+/t27-,28-,29+,31+,32+,33+,34-,35+,36-,37+,38?,39-,41-,42+,43-,44+/m1/s1. The fourth-order valence-corrected chi connectivity index (χ4v) is 10.6. The summed E-state index contributed by atoms with van der Waals surface area (Å²) in [6.07, 6.45) is 13.0. The van der Waals surface area contributed by atoms with E-state index in [9.17, 15) is 25.2 Å².